The zero-order valence-corrected chi connectivity index (χ0v) is 12.9. The van der Waals surface area contributed by atoms with Crippen LogP contribution >= 0.6 is 0 Å². The Balaban J connectivity index is 1.68. The Morgan fingerprint density at radius 3 is 2.83 bits per heavy atom. The topological polar surface area (TPSA) is 99.1 Å². The molecular weight excluding hydrogens is 294 g/mol. The molecule has 2 atom stereocenters. The zero-order chi connectivity index (χ0) is 15.8. The molecule has 23 heavy (non-hydrogen) atoms. The monoisotopic (exact) mass is 315 g/mol. The third kappa shape index (κ3) is 2.65. The second kappa shape index (κ2) is 5.81. The fourth-order valence-electron chi connectivity index (χ4n) is 3.49. The number of nitrogens with zero attached hydrogens (tertiary/aromatic N) is 4. The van der Waals surface area contributed by atoms with Crippen LogP contribution in [0.15, 0.2) is 18.5 Å². The van der Waals surface area contributed by atoms with Gasteiger partial charge in [0.25, 0.3) is 0 Å². The van der Waals surface area contributed by atoms with Crippen molar-refractivity contribution in [3.8, 4) is 5.88 Å². The summed E-state index contributed by atoms with van der Waals surface area (Å²) in [5, 5.41) is 9.30. The first-order valence-electron chi connectivity index (χ1n) is 8.20. The van der Waals surface area contributed by atoms with Gasteiger partial charge < -0.3 is 20.1 Å². The molecule has 0 aliphatic heterocycles. The van der Waals surface area contributed by atoms with Gasteiger partial charge in [0.15, 0.2) is 11.2 Å². The van der Waals surface area contributed by atoms with Crippen molar-refractivity contribution in [3.05, 3.63) is 18.5 Å². The van der Waals surface area contributed by atoms with Gasteiger partial charge in [-0.1, -0.05) is 12.2 Å². The van der Waals surface area contributed by atoms with Gasteiger partial charge >= 0.3 is 0 Å². The van der Waals surface area contributed by atoms with Crippen LogP contribution in [0.5, 0.6) is 5.88 Å². The summed E-state index contributed by atoms with van der Waals surface area (Å²) in [6, 6.07) is 0.130. The van der Waals surface area contributed by atoms with Gasteiger partial charge in [0.05, 0.1) is 12.4 Å². The number of nitrogen functional groups attached to an aromatic ring is 1. The molecule has 1 saturated carbocycles. The predicted molar refractivity (Wildman–Crippen MR) is 86.0 cm³/mol. The number of ether oxygens (including phenoxy) is 1. The van der Waals surface area contributed by atoms with E-state index in [9.17, 15) is 5.11 Å². The molecule has 7 heteroatoms. The zero-order valence-electron chi connectivity index (χ0n) is 12.9. The van der Waals surface area contributed by atoms with E-state index in [1.54, 1.807) is 6.33 Å². The van der Waals surface area contributed by atoms with Crippen molar-refractivity contribution < 1.29 is 9.84 Å². The summed E-state index contributed by atoms with van der Waals surface area (Å²) in [6.45, 7) is 0.160. The molecule has 2 aliphatic rings. The lowest BCUT2D eigenvalue weighted by molar-refractivity contribution is 0.204. The Kier molecular flexibility index (Phi) is 3.65. The number of aliphatic hydroxyl groups is 1. The predicted octanol–water partition coefficient (Wildman–Crippen LogP) is 1.84. The summed E-state index contributed by atoms with van der Waals surface area (Å²) in [6.07, 6.45) is 11.4. The number of hydrogen-bond acceptors (Lipinski definition) is 6. The van der Waals surface area contributed by atoms with E-state index in [4.69, 9.17) is 10.5 Å². The lowest BCUT2D eigenvalue weighted by Crippen LogP contribution is -2.14. The first-order chi connectivity index (χ1) is 11.2. The Morgan fingerprint density at radius 2 is 2.09 bits per heavy atom. The van der Waals surface area contributed by atoms with Gasteiger partial charge in [-0.15, -0.1) is 0 Å². The number of aliphatic hydroxyl groups excluding tert-OH is 1. The average molecular weight is 315 g/mol. The summed E-state index contributed by atoms with van der Waals surface area (Å²) in [4.78, 5) is 13.1. The average Bonchev–Trinajstić information content (AvgIpc) is 3.26. The van der Waals surface area contributed by atoms with Crippen LogP contribution in [0.25, 0.3) is 11.2 Å². The molecule has 0 spiro atoms. The van der Waals surface area contributed by atoms with E-state index in [0.29, 0.717) is 17.0 Å². The number of fused-ring (bicyclic) bond motifs is 1. The molecule has 1 fully saturated rings. The van der Waals surface area contributed by atoms with Gasteiger partial charge in [-0.05, 0) is 32.1 Å². The molecule has 7 nitrogen and oxygen atoms in total. The standard InChI is InChI=1S/C16H21N5O2/c17-16-19-14-13(15(20-16)23-12-3-1-2-4-12)18-9-21(14)11-6-5-10(7-11)8-22/h5-6,9-12,22H,1-4,7-8H2,(H2,17,19,20)/t10-,11+/m0/s1. The molecule has 0 radical (unpaired) electrons. The van der Waals surface area contributed by atoms with Gasteiger partial charge in [-0.25, -0.2) is 4.98 Å². The first kappa shape index (κ1) is 14.4. The van der Waals surface area contributed by atoms with E-state index in [1.165, 1.54) is 12.8 Å². The molecule has 4 rings (SSSR count). The van der Waals surface area contributed by atoms with Gasteiger partial charge in [-0.2, -0.15) is 9.97 Å². The first-order valence-corrected chi connectivity index (χ1v) is 8.20. The van der Waals surface area contributed by atoms with Crippen molar-refractivity contribution >= 4 is 17.1 Å². The number of nitrogens with two attached hydrogens (primary N) is 1. The Hall–Kier alpha value is -2.15. The van der Waals surface area contributed by atoms with Crippen molar-refractivity contribution in [2.24, 2.45) is 5.92 Å². The molecule has 0 aromatic carbocycles. The number of hydrogen-bond donors (Lipinski definition) is 2. The molecular formula is C16H21N5O2. The summed E-state index contributed by atoms with van der Waals surface area (Å²) in [5.41, 5.74) is 7.23. The molecule has 2 aromatic rings. The fraction of sp³-hybridized carbons (Fsp3) is 0.562. The summed E-state index contributed by atoms with van der Waals surface area (Å²) >= 11 is 0. The smallest absolute Gasteiger partial charge is 0.247 e. The van der Waals surface area contributed by atoms with Crippen molar-refractivity contribution in [2.75, 3.05) is 12.3 Å². The molecule has 2 heterocycles. The number of aromatic nitrogens is 4. The van der Waals surface area contributed by atoms with Crippen molar-refractivity contribution in [1.82, 2.24) is 19.5 Å². The van der Waals surface area contributed by atoms with E-state index >= 15 is 0 Å². The van der Waals surface area contributed by atoms with E-state index in [-0.39, 0.29) is 30.6 Å². The number of imidazole rings is 1. The Labute approximate surface area is 134 Å². The van der Waals surface area contributed by atoms with E-state index < -0.39 is 0 Å². The highest BCUT2D eigenvalue weighted by atomic mass is 16.5. The van der Waals surface area contributed by atoms with Crippen LogP contribution in [0.1, 0.15) is 38.1 Å². The molecule has 3 N–H and O–H groups in total. The highest BCUT2D eigenvalue weighted by Gasteiger charge is 2.25. The van der Waals surface area contributed by atoms with Crippen LogP contribution in [-0.4, -0.2) is 37.3 Å². The molecule has 0 amide bonds. The largest absolute Gasteiger partial charge is 0.473 e. The molecule has 2 aromatic heterocycles. The molecule has 0 bridgehead atoms. The SMILES string of the molecule is Nc1nc(OC2CCCC2)c2ncn([C@@H]3C=C[C@H](CO)C3)c2n1. The van der Waals surface area contributed by atoms with Crippen LogP contribution in [0.4, 0.5) is 5.95 Å². The maximum Gasteiger partial charge on any atom is 0.247 e. The van der Waals surface area contributed by atoms with Crippen LogP contribution in [0.2, 0.25) is 0 Å². The number of anilines is 1. The summed E-state index contributed by atoms with van der Waals surface area (Å²) in [5.74, 6) is 0.873. The minimum Gasteiger partial charge on any atom is -0.473 e. The second-order valence-corrected chi connectivity index (χ2v) is 6.37. The van der Waals surface area contributed by atoms with Gasteiger partial charge in [0, 0.05) is 12.5 Å². The quantitative estimate of drug-likeness (QED) is 0.835. The molecule has 122 valence electrons. The minimum atomic E-state index is 0.130. The van der Waals surface area contributed by atoms with Crippen molar-refractivity contribution in [3.63, 3.8) is 0 Å². The number of allylic oxidation sites excluding steroid dienone is 1. The molecule has 2 aliphatic carbocycles. The maximum absolute atomic E-state index is 9.30. The third-order valence-electron chi connectivity index (χ3n) is 4.73. The third-order valence-corrected chi connectivity index (χ3v) is 4.73. The van der Waals surface area contributed by atoms with E-state index in [2.05, 4.69) is 21.0 Å². The molecule has 0 saturated heterocycles. The fourth-order valence-corrected chi connectivity index (χ4v) is 3.49. The number of rotatable bonds is 4. The minimum absolute atomic E-state index is 0.130. The molecule has 0 unspecified atom stereocenters. The second-order valence-electron chi connectivity index (χ2n) is 6.37. The summed E-state index contributed by atoms with van der Waals surface area (Å²) in [7, 11) is 0. The van der Waals surface area contributed by atoms with Crippen molar-refractivity contribution in [1.29, 1.82) is 0 Å². The normalized spacial score (nSPS) is 24.7. The van der Waals surface area contributed by atoms with Crippen molar-refractivity contribution in [2.45, 2.75) is 44.2 Å². The highest BCUT2D eigenvalue weighted by Crippen LogP contribution is 2.33. The Bertz CT molecular complexity index is 735. The highest BCUT2D eigenvalue weighted by molar-refractivity contribution is 5.77. The van der Waals surface area contributed by atoms with E-state index in [0.717, 1.165) is 19.3 Å². The van der Waals surface area contributed by atoms with Gasteiger partial charge in [0.2, 0.25) is 11.8 Å². The lowest BCUT2D eigenvalue weighted by Gasteiger charge is -2.14. The lowest BCUT2D eigenvalue weighted by atomic mass is 10.1. The van der Waals surface area contributed by atoms with Crippen LogP contribution in [0, 0.1) is 5.92 Å². The maximum atomic E-state index is 9.30. The van der Waals surface area contributed by atoms with Gasteiger partial charge in [-0.3, -0.25) is 0 Å². The van der Waals surface area contributed by atoms with Crippen LogP contribution in [0.3, 0.4) is 0 Å². The van der Waals surface area contributed by atoms with E-state index in [1.807, 2.05) is 10.6 Å². The van der Waals surface area contributed by atoms with Crippen LogP contribution in [-0.2, 0) is 0 Å². The summed E-state index contributed by atoms with van der Waals surface area (Å²) < 4.78 is 8.01. The Morgan fingerprint density at radius 1 is 1.26 bits per heavy atom. The van der Waals surface area contributed by atoms with Crippen LogP contribution < -0.4 is 10.5 Å². The van der Waals surface area contributed by atoms with Gasteiger partial charge in [0.1, 0.15) is 6.10 Å².